The van der Waals surface area contributed by atoms with Crippen LogP contribution in [0.4, 0.5) is 0 Å². The number of aromatic nitrogens is 2. The third kappa shape index (κ3) is 6.31. The van der Waals surface area contributed by atoms with Gasteiger partial charge in [0.25, 0.3) is 0 Å². The van der Waals surface area contributed by atoms with Gasteiger partial charge in [0, 0.05) is 19.3 Å². The predicted molar refractivity (Wildman–Crippen MR) is 104 cm³/mol. The first kappa shape index (κ1) is 19.6. The van der Waals surface area contributed by atoms with Crippen LogP contribution in [0.3, 0.4) is 0 Å². The van der Waals surface area contributed by atoms with Crippen molar-refractivity contribution in [3.8, 4) is 11.5 Å². The van der Waals surface area contributed by atoms with Gasteiger partial charge in [-0.05, 0) is 51.0 Å². The summed E-state index contributed by atoms with van der Waals surface area (Å²) in [4.78, 5) is 4.55. The first-order valence-corrected chi connectivity index (χ1v) is 9.15. The van der Waals surface area contributed by atoms with E-state index in [1.165, 1.54) is 5.56 Å². The van der Waals surface area contributed by atoms with Crippen LogP contribution in [-0.4, -0.2) is 42.5 Å². The SMILES string of the molecule is CCNC(=NCc1ccn[nH]1)NCCc1ccc(OCC)c(OCC)c1. The molecule has 3 N–H and O–H groups in total. The number of benzene rings is 1. The van der Waals surface area contributed by atoms with Crippen LogP contribution in [0.25, 0.3) is 0 Å². The maximum Gasteiger partial charge on any atom is 0.191 e. The van der Waals surface area contributed by atoms with Crippen LogP contribution in [0.15, 0.2) is 35.5 Å². The number of nitrogens with zero attached hydrogens (tertiary/aromatic N) is 2. The molecule has 26 heavy (non-hydrogen) atoms. The van der Waals surface area contributed by atoms with Crippen molar-refractivity contribution in [1.82, 2.24) is 20.8 Å². The van der Waals surface area contributed by atoms with E-state index in [0.717, 1.165) is 42.7 Å². The number of guanidine groups is 1. The summed E-state index contributed by atoms with van der Waals surface area (Å²) in [5.74, 6) is 2.38. The highest BCUT2D eigenvalue weighted by atomic mass is 16.5. The molecule has 0 amide bonds. The van der Waals surface area contributed by atoms with Gasteiger partial charge in [-0.25, -0.2) is 4.99 Å². The van der Waals surface area contributed by atoms with Crippen LogP contribution in [0.5, 0.6) is 11.5 Å². The van der Waals surface area contributed by atoms with Crippen molar-refractivity contribution in [2.45, 2.75) is 33.7 Å². The molecular formula is C19H29N5O2. The highest BCUT2D eigenvalue weighted by molar-refractivity contribution is 5.79. The number of ether oxygens (including phenoxy) is 2. The number of aromatic amines is 1. The molecule has 0 aliphatic rings. The zero-order chi connectivity index (χ0) is 18.6. The molecule has 142 valence electrons. The smallest absolute Gasteiger partial charge is 0.191 e. The Morgan fingerprint density at radius 1 is 1.08 bits per heavy atom. The van der Waals surface area contributed by atoms with Gasteiger partial charge in [0.2, 0.25) is 0 Å². The Morgan fingerprint density at radius 2 is 1.88 bits per heavy atom. The quantitative estimate of drug-likeness (QED) is 0.448. The topological polar surface area (TPSA) is 83.6 Å². The molecule has 2 rings (SSSR count). The van der Waals surface area contributed by atoms with E-state index >= 15 is 0 Å². The fraction of sp³-hybridized carbons (Fsp3) is 0.474. The first-order chi connectivity index (χ1) is 12.8. The summed E-state index contributed by atoms with van der Waals surface area (Å²) in [7, 11) is 0. The summed E-state index contributed by atoms with van der Waals surface area (Å²) in [6, 6.07) is 8.01. The summed E-state index contributed by atoms with van der Waals surface area (Å²) in [6.45, 7) is 9.38. The Hall–Kier alpha value is -2.70. The summed E-state index contributed by atoms with van der Waals surface area (Å²) in [5, 5.41) is 13.5. The molecule has 0 fully saturated rings. The van der Waals surface area contributed by atoms with E-state index in [0.29, 0.717) is 19.8 Å². The van der Waals surface area contributed by atoms with E-state index in [1.54, 1.807) is 6.20 Å². The van der Waals surface area contributed by atoms with Crippen LogP contribution in [-0.2, 0) is 13.0 Å². The lowest BCUT2D eigenvalue weighted by molar-refractivity contribution is 0.287. The Balaban J connectivity index is 1.91. The lowest BCUT2D eigenvalue weighted by Gasteiger charge is -2.14. The maximum absolute atomic E-state index is 5.69. The summed E-state index contributed by atoms with van der Waals surface area (Å²) < 4.78 is 11.3. The maximum atomic E-state index is 5.69. The minimum atomic E-state index is 0.562. The number of hydrogen-bond donors (Lipinski definition) is 3. The molecule has 0 atom stereocenters. The summed E-state index contributed by atoms with van der Waals surface area (Å²) in [6.07, 6.45) is 2.59. The highest BCUT2D eigenvalue weighted by Crippen LogP contribution is 2.28. The van der Waals surface area contributed by atoms with Gasteiger partial charge in [0.05, 0.1) is 25.5 Å². The van der Waals surface area contributed by atoms with Crippen molar-refractivity contribution in [3.63, 3.8) is 0 Å². The van der Waals surface area contributed by atoms with E-state index in [1.807, 2.05) is 39.0 Å². The molecule has 7 nitrogen and oxygen atoms in total. The Labute approximate surface area is 155 Å². The van der Waals surface area contributed by atoms with Crippen LogP contribution >= 0.6 is 0 Å². The van der Waals surface area contributed by atoms with E-state index in [9.17, 15) is 0 Å². The Kier molecular flexibility index (Phi) is 8.32. The van der Waals surface area contributed by atoms with Gasteiger partial charge in [-0.2, -0.15) is 5.10 Å². The second-order valence-corrected chi connectivity index (χ2v) is 5.60. The van der Waals surface area contributed by atoms with Crippen molar-refractivity contribution in [2.24, 2.45) is 4.99 Å². The Bertz CT molecular complexity index is 671. The minimum absolute atomic E-state index is 0.562. The lowest BCUT2D eigenvalue weighted by atomic mass is 10.1. The van der Waals surface area contributed by atoms with Crippen LogP contribution in [0.2, 0.25) is 0 Å². The van der Waals surface area contributed by atoms with E-state index in [4.69, 9.17) is 9.47 Å². The van der Waals surface area contributed by atoms with Crippen molar-refractivity contribution in [2.75, 3.05) is 26.3 Å². The molecule has 2 aromatic rings. The monoisotopic (exact) mass is 359 g/mol. The summed E-state index contributed by atoms with van der Waals surface area (Å²) >= 11 is 0. The zero-order valence-electron chi connectivity index (χ0n) is 15.8. The van der Waals surface area contributed by atoms with Gasteiger partial charge >= 0.3 is 0 Å². The second-order valence-electron chi connectivity index (χ2n) is 5.60. The molecule has 0 spiro atoms. The molecule has 0 saturated carbocycles. The minimum Gasteiger partial charge on any atom is -0.490 e. The van der Waals surface area contributed by atoms with E-state index < -0.39 is 0 Å². The van der Waals surface area contributed by atoms with Gasteiger partial charge < -0.3 is 20.1 Å². The van der Waals surface area contributed by atoms with E-state index in [-0.39, 0.29) is 0 Å². The highest BCUT2D eigenvalue weighted by Gasteiger charge is 2.06. The fourth-order valence-electron chi connectivity index (χ4n) is 2.45. The third-order valence-electron chi connectivity index (χ3n) is 3.62. The molecule has 1 aromatic heterocycles. The molecule has 1 aromatic carbocycles. The molecule has 0 saturated heterocycles. The van der Waals surface area contributed by atoms with Crippen molar-refractivity contribution >= 4 is 5.96 Å². The molecular weight excluding hydrogens is 330 g/mol. The van der Waals surface area contributed by atoms with Gasteiger partial charge in [0.15, 0.2) is 17.5 Å². The molecule has 0 aliphatic carbocycles. The van der Waals surface area contributed by atoms with Gasteiger partial charge in [-0.3, -0.25) is 5.10 Å². The molecule has 0 radical (unpaired) electrons. The number of rotatable bonds is 10. The lowest BCUT2D eigenvalue weighted by Crippen LogP contribution is -2.38. The number of hydrogen-bond acceptors (Lipinski definition) is 4. The van der Waals surface area contributed by atoms with Crippen LogP contribution in [0.1, 0.15) is 32.0 Å². The fourth-order valence-corrected chi connectivity index (χ4v) is 2.45. The largest absolute Gasteiger partial charge is 0.490 e. The molecule has 1 heterocycles. The molecule has 7 heteroatoms. The van der Waals surface area contributed by atoms with E-state index in [2.05, 4.69) is 31.9 Å². The van der Waals surface area contributed by atoms with Crippen LogP contribution in [0, 0.1) is 0 Å². The molecule has 0 bridgehead atoms. The Morgan fingerprint density at radius 3 is 2.58 bits per heavy atom. The number of nitrogens with one attached hydrogen (secondary N) is 3. The zero-order valence-corrected chi connectivity index (χ0v) is 15.8. The number of H-pyrrole nitrogens is 1. The van der Waals surface area contributed by atoms with Gasteiger partial charge in [0.1, 0.15) is 0 Å². The predicted octanol–water partition coefficient (Wildman–Crippen LogP) is 2.50. The van der Waals surface area contributed by atoms with Crippen molar-refractivity contribution < 1.29 is 9.47 Å². The first-order valence-electron chi connectivity index (χ1n) is 9.15. The molecule has 0 unspecified atom stereocenters. The van der Waals surface area contributed by atoms with Gasteiger partial charge in [-0.15, -0.1) is 0 Å². The van der Waals surface area contributed by atoms with Gasteiger partial charge in [-0.1, -0.05) is 6.07 Å². The number of aliphatic imine (C=N–C) groups is 1. The average Bonchev–Trinajstić information content (AvgIpc) is 3.16. The van der Waals surface area contributed by atoms with Crippen molar-refractivity contribution in [3.05, 3.63) is 41.7 Å². The second kappa shape index (κ2) is 11.0. The molecule has 0 aliphatic heterocycles. The summed E-state index contributed by atoms with van der Waals surface area (Å²) in [5.41, 5.74) is 2.17. The standard InChI is InChI=1S/C19H29N5O2/c1-4-20-19(22-14-16-10-12-23-24-16)21-11-9-15-7-8-17(25-5-2)18(13-15)26-6-3/h7-8,10,12-13H,4-6,9,11,14H2,1-3H3,(H,23,24)(H2,20,21,22). The van der Waals surface area contributed by atoms with Crippen molar-refractivity contribution in [1.29, 1.82) is 0 Å². The van der Waals surface area contributed by atoms with Crippen LogP contribution < -0.4 is 20.1 Å². The third-order valence-corrected chi connectivity index (χ3v) is 3.62. The average molecular weight is 359 g/mol. The normalized spacial score (nSPS) is 11.3.